The first-order valence-corrected chi connectivity index (χ1v) is 5.71. The van der Waals surface area contributed by atoms with Crippen LogP contribution >= 0.6 is 11.6 Å². The number of carbonyl (C=O) groups excluding carboxylic acids is 1. The molecule has 1 amide bonds. The second-order valence-corrected chi connectivity index (χ2v) is 4.55. The van der Waals surface area contributed by atoms with Crippen LogP contribution in [0.1, 0.15) is 19.7 Å². The molecule has 0 bridgehead atoms. The van der Waals surface area contributed by atoms with Crippen LogP contribution in [0.25, 0.3) is 0 Å². The summed E-state index contributed by atoms with van der Waals surface area (Å²) in [5.74, 6) is 0.975. The van der Waals surface area contributed by atoms with E-state index < -0.39 is 6.09 Å². The lowest BCUT2D eigenvalue weighted by molar-refractivity contribution is 0.177. The highest BCUT2D eigenvalue weighted by Gasteiger charge is 2.38. The van der Waals surface area contributed by atoms with E-state index in [0.717, 1.165) is 0 Å². The van der Waals surface area contributed by atoms with Gasteiger partial charge in [-0.15, -0.1) is 0 Å². The minimum absolute atomic E-state index is 0.0691. The predicted molar refractivity (Wildman–Crippen MR) is 62.0 cm³/mol. The lowest BCUT2D eigenvalue weighted by Crippen LogP contribution is -2.38. The first kappa shape index (κ1) is 12.0. The average Bonchev–Trinajstić information content (AvgIpc) is 2.58. The van der Waals surface area contributed by atoms with Crippen molar-refractivity contribution in [3.05, 3.63) is 11.1 Å². The van der Waals surface area contributed by atoms with Crippen molar-refractivity contribution in [3.8, 4) is 0 Å². The van der Waals surface area contributed by atoms with Crippen LogP contribution in [-0.4, -0.2) is 33.7 Å². The van der Waals surface area contributed by atoms with Gasteiger partial charge in [0.25, 0.3) is 0 Å². The maximum absolute atomic E-state index is 11.7. The zero-order chi connectivity index (χ0) is 12.6. The van der Waals surface area contributed by atoms with Gasteiger partial charge in [-0.05, 0) is 24.4 Å². The van der Waals surface area contributed by atoms with Crippen molar-refractivity contribution < 1.29 is 9.53 Å². The van der Waals surface area contributed by atoms with Gasteiger partial charge in [0.1, 0.15) is 12.4 Å². The van der Waals surface area contributed by atoms with Crippen LogP contribution in [0.2, 0.25) is 5.28 Å². The highest BCUT2D eigenvalue weighted by atomic mass is 35.5. The van der Waals surface area contributed by atoms with Gasteiger partial charge in [0.05, 0.1) is 6.04 Å². The van der Waals surface area contributed by atoms with Crippen molar-refractivity contribution in [2.45, 2.75) is 26.8 Å². The SMILES string of the molecule is Cc1nc(Cl)nc(N2C(=O)OCC2C(C)C)n1. The molecule has 1 aliphatic heterocycles. The van der Waals surface area contributed by atoms with Gasteiger partial charge in [-0.3, -0.25) is 0 Å². The molecule has 92 valence electrons. The quantitative estimate of drug-likeness (QED) is 0.807. The van der Waals surface area contributed by atoms with E-state index in [0.29, 0.717) is 12.4 Å². The molecule has 0 radical (unpaired) electrons. The number of anilines is 1. The van der Waals surface area contributed by atoms with Crippen LogP contribution in [0.4, 0.5) is 10.7 Å². The summed E-state index contributed by atoms with van der Waals surface area (Å²) in [6, 6.07) is -0.0691. The second kappa shape index (κ2) is 4.44. The number of rotatable bonds is 2. The molecule has 0 saturated carbocycles. The molecule has 17 heavy (non-hydrogen) atoms. The fraction of sp³-hybridized carbons (Fsp3) is 0.600. The molecule has 2 heterocycles. The fourth-order valence-electron chi connectivity index (χ4n) is 1.70. The van der Waals surface area contributed by atoms with E-state index in [1.165, 1.54) is 4.90 Å². The minimum atomic E-state index is -0.439. The number of carbonyl (C=O) groups is 1. The smallest absolute Gasteiger partial charge is 0.417 e. The zero-order valence-corrected chi connectivity index (χ0v) is 10.6. The highest BCUT2D eigenvalue weighted by molar-refractivity contribution is 6.28. The Bertz CT molecular complexity index is 432. The van der Waals surface area contributed by atoms with E-state index >= 15 is 0 Å². The third kappa shape index (κ3) is 2.31. The standard InChI is InChI=1S/C10H13ClN4O2/c1-5(2)7-4-17-10(16)15(7)9-13-6(3)12-8(11)14-9/h5,7H,4H2,1-3H3. The normalized spacial score (nSPS) is 19.9. The molecule has 1 aliphatic rings. The second-order valence-electron chi connectivity index (χ2n) is 4.21. The summed E-state index contributed by atoms with van der Waals surface area (Å²) in [6.07, 6.45) is -0.439. The number of cyclic esters (lactones) is 1. The number of nitrogens with zero attached hydrogens (tertiary/aromatic N) is 4. The maximum atomic E-state index is 11.7. The molecule has 1 aromatic heterocycles. The van der Waals surface area contributed by atoms with Crippen LogP contribution in [-0.2, 0) is 4.74 Å². The summed E-state index contributed by atoms with van der Waals surface area (Å²) in [7, 11) is 0. The molecule has 1 aromatic rings. The number of halogens is 1. The predicted octanol–water partition coefficient (Wildman–Crippen LogP) is 1.81. The van der Waals surface area contributed by atoms with E-state index in [1.54, 1.807) is 6.92 Å². The summed E-state index contributed by atoms with van der Waals surface area (Å²) in [4.78, 5) is 25.1. The topological polar surface area (TPSA) is 68.2 Å². The van der Waals surface area contributed by atoms with Crippen molar-refractivity contribution in [3.63, 3.8) is 0 Å². The Morgan fingerprint density at radius 2 is 2.12 bits per heavy atom. The maximum Gasteiger partial charge on any atom is 0.417 e. The van der Waals surface area contributed by atoms with E-state index in [4.69, 9.17) is 16.3 Å². The molecule has 2 rings (SSSR count). The molecule has 1 saturated heterocycles. The molecule has 0 spiro atoms. The fourth-order valence-corrected chi connectivity index (χ4v) is 1.90. The van der Waals surface area contributed by atoms with Crippen LogP contribution in [0.3, 0.4) is 0 Å². The Labute approximate surface area is 104 Å². The summed E-state index contributed by atoms with van der Waals surface area (Å²) in [5, 5.41) is 0.0784. The number of hydrogen-bond acceptors (Lipinski definition) is 5. The number of aromatic nitrogens is 3. The highest BCUT2D eigenvalue weighted by Crippen LogP contribution is 2.24. The van der Waals surface area contributed by atoms with Crippen LogP contribution in [0.15, 0.2) is 0 Å². The third-order valence-corrected chi connectivity index (χ3v) is 2.77. The number of aryl methyl sites for hydroxylation is 1. The van der Waals surface area contributed by atoms with Gasteiger partial charge < -0.3 is 4.74 Å². The van der Waals surface area contributed by atoms with Crippen LogP contribution in [0, 0.1) is 12.8 Å². The molecule has 6 nitrogen and oxygen atoms in total. The van der Waals surface area contributed by atoms with Gasteiger partial charge in [0, 0.05) is 0 Å². The largest absolute Gasteiger partial charge is 0.447 e. The Balaban J connectivity index is 2.39. The summed E-state index contributed by atoms with van der Waals surface area (Å²) < 4.78 is 5.02. The van der Waals surface area contributed by atoms with Crippen molar-refractivity contribution >= 4 is 23.6 Å². The lowest BCUT2D eigenvalue weighted by atomic mass is 10.1. The van der Waals surface area contributed by atoms with E-state index in [9.17, 15) is 4.79 Å². The summed E-state index contributed by atoms with van der Waals surface area (Å²) >= 11 is 5.76. The number of amides is 1. The first-order valence-electron chi connectivity index (χ1n) is 5.33. The molecule has 1 fully saturated rings. The van der Waals surface area contributed by atoms with Gasteiger partial charge in [0.2, 0.25) is 11.2 Å². The van der Waals surface area contributed by atoms with Gasteiger partial charge in [-0.2, -0.15) is 9.97 Å². The van der Waals surface area contributed by atoms with Gasteiger partial charge in [0.15, 0.2) is 0 Å². The van der Waals surface area contributed by atoms with Crippen molar-refractivity contribution in [1.29, 1.82) is 0 Å². The lowest BCUT2D eigenvalue weighted by Gasteiger charge is -2.22. The Morgan fingerprint density at radius 3 is 2.71 bits per heavy atom. The Hall–Kier alpha value is -1.43. The summed E-state index contributed by atoms with van der Waals surface area (Å²) in [6.45, 7) is 6.06. The molecule has 0 N–H and O–H groups in total. The van der Waals surface area contributed by atoms with Gasteiger partial charge in [-0.25, -0.2) is 14.7 Å². The van der Waals surface area contributed by atoms with Gasteiger partial charge >= 0.3 is 6.09 Å². The number of ether oxygens (including phenoxy) is 1. The van der Waals surface area contributed by atoms with Gasteiger partial charge in [-0.1, -0.05) is 13.8 Å². The molecule has 7 heteroatoms. The zero-order valence-electron chi connectivity index (χ0n) is 9.85. The molecule has 0 aromatic carbocycles. The molecular formula is C10H13ClN4O2. The van der Waals surface area contributed by atoms with Crippen molar-refractivity contribution in [2.75, 3.05) is 11.5 Å². The first-order chi connectivity index (χ1) is 7.99. The molecule has 1 atom stereocenters. The number of hydrogen-bond donors (Lipinski definition) is 0. The monoisotopic (exact) mass is 256 g/mol. The molecule has 0 aliphatic carbocycles. The van der Waals surface area contributed by atoms with Crippen LogP contribution < -0.4 is 4.90 Å². The van der Waals surface area contributed by atoms with E-state index in [1.807, 2.05) is 13.8 Å². The molecule has 1 unspecified atom stereocenters. The molecular weight excluding hydrogens is 244 g/mol. The summed E-state index contributed by atoms with van der Waals surface area (Å²) in [5.41, 5.74) is 0. The third-order valence-electron chi connectivity index (χ3n) is 2.60. The Kier molecular flexibility index (Phi) is 3.15. The van der Waals surface area contributed by atoms with Crippen molar-refractivity contribution in [2.24, 2.45) is 5.92 Å². The van der Waals surface area contributed by atoms with Crippen LogP contribution in [0.5, 0.6) is 0 Å². The van der Waals surface area contributed by atoms with Crippen molar-refractivity contribution in [1.82, 2.24) is 15.0 Å². The van der Waals surface area contributed by atoms with E-state index in [2.05, 4.69) is 15.0 Å². The average molecular weight is 257 g/mol. The minimum Gasteiger partial charge on any atom is -0.447 e. The van der Waals surface area contributed by atoms with E-state index in [-0.39, 0.29) is 23.2 Å². The Morgan fingerprint density at radius 1 is 1.41 bits per heavy atom.